The number of hydrogen-bond donors (Lipinski definition) is 2. The number of amides is 1. The molecule has 1 fully saturated rings. The molecular formula is C18H25NO4. The molecule has 23 heavy (non-hydrogen) atoms. The number of hydrogen-bond acceptors (Lipinski definition) is 4. The third-order valence-electron chi connectivity index (χ3n) is 4.76. The topological polar surface area (TPSA) is 75.6 Å². The van der Waals surface area contributed by atoms with Gasteiger partial charge in [0, 0.05) is 6.04 Å². The Hall–Kier alpha value is -2.04. The molecule has 3 atom stereocenters. The summed E-state index contributed by atoms with van der Waals surface area (Å²) in [6.45, 7) is 5.83. The van der Waals surface area contributed by atoms with Gasteiger partial charge in [-0.25, -0.2) is 4.79 Å². The van der Waals surface area contributed by atoms with Crippen LogP contribution in [0.1, 0.15) is 49.0 Å². The highest BCUT2D eigenvalue weighted by Crippen LogP contribution is 2.29. The van der Waals surface area contributed by atoms with Gasteiger partial charge in [-0.1, -0.05) is 38.3 Å². The summed E-state index contributed by atoms with van der Waals surface area (Å²) in [6, 6.07) is 4.82. The van der Waals surface area contributed by atoms with Crippen LogP contribution in [0.2, 0.25) is 0 Å². The number of aromatic hydroxyl groups is 1. The molecule has 0 heterocycles. The van der Waals surface area contributed by atoms with Gasteiger partial charge in [0.25, 0.3) is 5.91 Å². The zero-order valence-electron chi connectivity index (χ0n) is 14.0. The fourth-order valence-corrected chi connectivity index (χ4v) is 3.06. The van der Waals surface area contributed by atoms with Crippen molar-refractivity contribution < 1.29 is 19.4 Å². The van der Waals surface area contributed by atoms with Gasteiger partial charge in [0.2, 0.25) is 0 Å². The molecule has 0 spiro atoms. The minimum Gasteiger partial charge on any atom is -0.507 e. The molecule has 0 aliphatic heterocycles. The molecule has 1 amide bonds. The molecule has 0 unspecified atom stereocenters. The van der Waals surface area contributed by atoms with Gasteiger partial charge < -0.3 is 15.2 Å². The summed E-state index contributed by atoms with van der Waals surface area (Å²) in [7, 11) is 0. The molecule has 1 aromatic rings. The second-order valence-electron chi connectivity index (χ2n) is 6.54. The van der Waals surface area contributed by atoms with E-state index in [9.17, 15) is 14.7 Å². The van der Waals surface area contributed by atoms with Crippen molar-refractivity contribution in [2.75, 3.05) is 6.61 Å². The lowest BCUT2D eigenvalue weighted by atomic mass is 9.78. The third-order valence-corrected chi connectivity index (χ3v) is 4.76. The summed E-state index contributed by atoms with van der Waals surface area (Å²) >= 11 is 0. The van der Waals surface area contributed by atoms with E-state index in [2.05, 4.69) is 19.2 Å². The van der Waals surface area contributed by atoms with Gasteiger partial charge >= 0.3 is 5.97 Å². The zero-order valence-corrected chi connectivity index (χ0v) is 14.0. The summed E-state index contributed by atoms with van der Waals surface area (Å²) in [4.78, 5) is 24.0. The molecule has 5 heteroatoms. The predicted molar refractivity (Wildman–Crippen MR) is 87.2 cm³/mol. The maximum atomic E-state index is 12.0. The van der Waals surface area contributed by atoms with E-state index in [4.69, 9.17) is 4.74 Å². The van der Waals surface area contributed by atoms with Gasteiger partial charge in [-0.05, 0) is 37.3 Å². The number of esters is 1. The van der Waals surface area contributed by atoms with Crippen molar-refractivity contribution in [3.8, 4) is 5.75 Å². The first-order valence-electron chi connectivity index (χ1n) is 8.14. The van der Waals surface area contributed by atoms with Gasteiger partial charge in [-0.3, -0.25) is 4.79 Å². The fraction of sp³-hybridized carbons (Fsp3) is 0.556. The van der Waals surface area contributed by atoms with Crippen molar-refractivity contribution in [3.63, 3.8) is 0 Å². The summed E-state index contributed by atoms with van der Waals surface area (Å²) in [6.07, 6.45) is 3.26. The summed E-state index contributed by atoms with van der Waals surface area (Å²) < 4.78 is 5.02. The maximum absolute atomic E-state index is 12.0. The number of aryl methyl sites for hydroxylation is 1. The zero-order chi connectivity index (χ0) is 17.0. The van der Waals surface area contributed by atoms with Crippen molar-refractivity contribution in [3.05, 3.63) is 29.3 Å². The summed E-state index contributed by atoms with van der Waals surface area (Å²) in [5.74, 6) is -0.122. The van der Waals surface area contributed by atoms with Crippen molar-refractivity contribution in [1.29, 1.82) is 0 Å². The molecule has 1 aliphatic carbocycles. The number of phenols is 1. The van der Waals surface area contributed by atoms with Crippen LogP contribution in [-0.4, -0.2) is 29.6 Å². The van der Waals surface area contributed by atoms with Crippen LogP contribution in [0, 0.1) is 18.8 Å². The molecule has 2 rings (SSSR count). The van der Waals surface area contributed by atoms with Crippen molar-refractivity contribution in [2.24, 2.45) is 11.8 Å². The predicted octanol–water partition coefficient (Wildman–Crippen LogP) is 2.80. The molecule has 1 aliphatic rings. The maximum Gasteiger partial charge on any atom is 0.342 e. The minimum atomic E-state index is -0.689. The largest absolute Gasteiger partial charge is 0.507 e. The SMILES string of the molecule is Cc1ccc(O)c(C(=O)OCC(=O)N[C@H]2CCC[C@@H](C)[C@@H]2C)c1. The Balaban J connectivity index is 1.86. The summed E-state index contributed by atoms with van der Waals surface area (Å²) in [5.41, 5.74) is 0.918. The van der Waals surface area contributed by atoms with E-state index in [1.54, 1.807) is 12.1 Å². The molecule has 0 radical (unpaired) electrons. The number of nitrogens with one attached hydrogen (secondary N) is 1. The summed E-state index contributed by atoms with van der Waals surface area (Å²) in [5, 5.41) is 12.6. The number of carbonyl (C=O) groups excluding carboxylic acids is 2. The molecule has 126 valence electrons. The average Bonchev–Trinajstić information content (AvgIpc) is 2.52. The van der Waals surface area contributed by atoms with E-state index in [1.807, 2.05) is 6.92 Å². The molecule has 1 saturated carbocycles. The number of phenolic OH excluding ortho intramolecular Hbond substituents is 1. The number of ether oxygens (including phenoxy) is 1. The van der Waals surface area contributed by atoms with Gasteiger partial charge in [-0.2, -0.15) is 0 Å². The Morgan fingerprint density at radius 3 is 2.78 bits per heavy atom. The smallest absolute Gasteiger partial charge is 0.342 e. The van der Waals surface area contributed by atoms with Crippen molar-refractivity contribution >= 4 is 11.9 Å². The van der Waals surface area contributed by atoms with Crippen LogP contribution in [0.15, 0.2) is 18.2 Å². The fourth-order valence-electron chi connectivity index (χ4n) is 3.06. The van der Waals surface area contributed by atoms with Crippen molar-refractivity contribution in [1.82, 2.24) is 5.32 Å². The van der Waals surface area contributed by atoms with Crippen LogP contribution in [-0.2, 0) is 9.53 Å². The molecular weight excluding hydrogens is 294 g/mol. The highest BCUT2D eigenvalue weighted by atomic mass is 16.5. The van der Waals surface area contributed by atoms with E-state index < -0.39 is 5.97 Å². The van der Waals surface area contributed by atoms with Gasteiger partial charge in [0.05, 0.1) is 0 Å². The van der Waals surface area contributed by atoms with Crippen LogP contribution >= 0.6 is 0 Å². The van der Waals surface area contributed by atoms with Crippen LogP contribution in [0.3, 0.4) is 0 Å². The second kappa shape index (κ2) is 7.49. The third kappa shape index (κ3) is 4.47. The molecule has 5 nitrogen and oxygen atoms in total. The second-order valence-corrected chi connectivity index (χ2v) is 6.54. The Labute approximate surface area is 137 Å². The van der Waals surface area contributed by atoms with Crippen LogP contribution in [0.25, 0.3) is 0 Å². The van der Waals surface area contributed by atoms with Gasteiger partial charge in [0.15, 0.2) is 6.61 Å². The van der Waals surface area contributed by atoms with Crippen molar-refractivity contribution in [2.45, 2.75) is 46.1 Å². The number of benzene rings is 1. The first-order valence-corrected chi connectivity index (χ1v) is 8.14. The highest BCUT2D eigenvalue weighted by Gasteiger charge is 2.28. The Kier molecular flexibility index (Phi) is 5.64. The van der Waals surface area contributed by atoms with Gasteiger partial charge in [0.1, 0.15) is 11.3 Å². The van der Waals surface area contributed by atoms with Gasteiger partial charge in [-0.15, -0.1) is 0 Å². The molecule has 0 bridgehead atoms. The minimum absolute atomic E-state index is 0.0810. The highest BCUT2D eigenvalue weighted by molar-refractivity contribution is 5.94. The molecule has 1 aromatic carbocycles. The first-order chi connectivity index (χ1) is 10.9. The standard InChI is InChI=1S/C18H25NO4/c1-11-7-8-16(20)14(9-11)18(22)23-10-17(21)19-15-6-4-5-12(2)13(15)3/h7-9,12-13,15,20H,4-6,10H2,1-3H3,(H,19,21)/t12-,13+,15+/m1/s1. The monoisotopic (exact) mass is 319 g/mol. The lowest BCUT2D eigenvalue weighted by Gasteiger charge is -2.34. The first kappa shape index (κ1) is 17.3. The van der Waals surface area contributed by atoms with E-state index in [0.717, 1.165) is 18.4 Å². The van der Waals surface area contributed by atoms with E-state index >= 15 is 0 Å². The van der Waals surface area contributed by atoms with E-state index in [0.29, 0.717) is 11.8 Å². The Morgan fingerprint density at radius 2 is 2.04 bits per heavy atom. The lowest BCUT2D eigenvalue weighted by Crippen LogP contribution is -2.45. The Morgan fingerprint density at radius 1 is 1.30 bits per heavy atom. The number of carbonyl (C=O) groups is 2. The normalized spacial score (nSPS) is 24.0. The van der Waals surface area contributed by atoms with Crippen LogP contribution < -0.4 is 5.32 Å². The molecule has 2 N–H and O–H groups in total. The van der Waals surface area contributed by atoms with Crippen LogP contribution in [0.5, 0.6) is 5.75 Å². The lowest BCUT2D eigenvalue weighted by molar-refractivity contribution is -0.125. The average molecular weight is 319 g/mol. The van der Waals surface area contributed by atoms with E-state index in [-0.39, 0.29) is 29.9 Å². The quantitative estimate of drug-likeness (QED) is 0.837. The number of rotatable bonds is 4. The molecule has 0 saturated heterocycles. The molecule has 0 aromatic heterocycles. The van der Waals surface area contributed by atoms with Crippen LogP contribution in [0.4, 0.5) is 0 Å². The van der Waals surface area contributed by atoms with E-state index in [1.165, 1.54) is 12.5 Å². The Bertz CT molecular complexity index is 584.